The highest BCUT2D eigenvalue weighted by Crippen LogP contribution is 2.35. The fourth-order valence-corrected chi connectivity index (χ4v) is 4.09. The van der Waals surface area contributed by atoms with Crippen molar-refractivity contribution in [3.8, 4) is 0 Å². The molecule has 1 saturated heterocycles. The standard InChI is InChI=1S/C19H28N2O.2ClH/c1-21-11-8-16(3-2-12-22)19(14-21)18-5-4-15-6-9-20-10-7-17(15)13-18;;/h4-5,12-13,16,19-20H,2-3,6-11,14H2,1H3;2*1H. The number of halogens is 2. The van der Waals surface area contributed by atoms with E-state index in [0.717, 1.165) is 51.7 Å². The Bertz CT molecular complexity index is 524. The SMILES string of the molecule is CN1CCC(CCC=O)C(c2ccc3c(c2)CCNCC3)C1.Cl.Cl. The molecule has 0 amide bonds. The van der Waals surface area contributed by atoms with E-state index in [0.29, 0.717) is 18.3 Å². The molecule has 2 atom stereocenters. The third kappa shape index (κ3) is 5.19. The molecule has 1 N–H and O–H groups in total. The fourth-order valence-electron chi connectivity index (χ4n) is 4.09. The van der Waals surface area contributed by atoms with Crippen molar-refractivity contribution in [3.63, 3.8) is 0 Å². The van der Waals surface area contributed by atoms with E-state index in [1.165, 1.54) is 23.1 Å². The summed E-state index contributed by atoms with van der Waals surface area (Å²) < 4.78 is 0. The zero-order valence-corrected chi connectivity index (χ0v) is 16.1. The molecule has 24 heavy (non-hydrogen) atoms. The van der Waals surface area contributed by atoms with Crippen molar-refractivity contribution < 1.29 is 4.79 Å². The van der Waals surface area contributed by atoms with Gasteiger partial charge in [0.05, 0.1) is 0 Å². The summed E-state index contributed by atoms with van der Waals surface area (Å²) in [6.45, 7) is 4.48. The Hall–Kier alpha value is -0.610. The number of likely N-dealkylation sites (tertiary alicyclic amines) is 1. The fraction of sp³-hybridized carbons (Fsp3) is 0.632. The van der Waals surface area contributed by atoms with Crippen LogP contribution in [-0.4, -0.2) is 44.4 Å². The first kappa shape index (κ1) is 21.4. The number of likely N-dealkylation sites (N-methyl/N-ethyl adjacent to an activating group) is 1. The largest absolute Gasteiger partial charge is 0.316 e. The number of benzene rings is 1. The molecule has 0 aliphatic carbocycles. The van der Waals surface area contributed by atoms with Gasteiger partial charge in [0.15, 0.2) is 0 Å². The molecule has 3 nitrogen and oxygen atoms in total. The van der Waals surface area contributed by atoms with Crippen molar-refractivity contribution in [2.45, 2.75) is 38.0 Å². The molecule has 2 aliphatic heterocycles. The van der Waals surface area contributed by atoms with Gasteiger partial charge in [0, 0.05) is 13.0 Å². The summed E-state index contributed by atoms with van der Waals surface area (Å²) in [4.78, 5) is 13.2. The lowest BCUT2D eigenvalue weighted by molar-refractivity contribution is -0.108. The molecule has 2 heterocycles. The van der Waals surface area contributed by atoms with Crippen LogP contribution in [0.5, 0.6) is 0 Å². The highest BCUT2D eigenvalue weighted by molar-refractivity contribution is 5.85. The van der Waals surface area contributed by atoms with Crippen LogP contribution >= 0.6 is 24.8 Å². The number of aldehydes is 1. The number of carbonyl (C=O) groups is 1. The van der Waals surface area contributed by atoms with Gasteiger partial charge in [-0.15, -0.1) is 24.8 Å². The highest BCUT2D eigenvalue weighted by atomic mass is 35.5. The molecule has 0 aromatic heterocycles. The Labute approximate surface area is 158 Å². The summed E-state index contributed by atoms with van der Waals surface area (Å²) in [6, 6.07) is 7.16. The maximum absolute atomic E-state index is 10.8. The number of carbonyl (C=O) groups excluding carboxylic acids is 1. The van der Waals surface area contributed by atoms with Crippen molar-refractivity contribution in [2.24, 2.45) is 5.92 Å². The van der Waals surface area contributed by atoms with Crippen molar-refractivity contribution in [2.75, 3.05) is 33.2 Å². The third-order valence-corrected chi connectivity index (χ3v) is 5.42. The molecule has 1 aromatic rings. The molecule has 2 unspecified atom stereocenters. The van der Waals surface area contributed by atoms with Gasteiger partial charge in [-0.2, -0.15) is 0 Å². The molecule has 0 spiro atoms. The van der Waals surface area contributed by atoms with E-state index in [1.54, 1.807) is 0 Å². The first-order valence-electron chi connectivity index (χ1n) is 8.72. The molecule has 2 aliphatic rings. The third-order valence-electron chi connectivity index (χ3n) is 5.42. The quantitative estimate of drug-likeness (QED) is 0.823. The number of nitrogens with one attached hydrogen (secondary N) is 1. The average Bonchev–Trinajstić information content (AvgIpc) is 2.78. The Morgan fingerprint density at radius 3 is 2.71 bits per heavy atom. The first-order valence-corrected chi connectivity index (χ1v) is 8.72. The number of nitrogens with zero attached hydrogens (tertiary/aromatic N) is 1. The molecule has 0 saturated carbocycles. The van der Waals surface area contributed by atoms with Gasteiger partial charge in [0.25, 0.3) is 0 Å². The van der Waals surface area contributed by atoms with Gasteiger partial charge in [-0.1, -0.05) is 18.2 Å². The van der Waals surface area contributed by atoms with E-state index in [2.05, 4.69) is 35.5 Å². The lowest BCUT2D eigenvalue weighted by Crippen LogP contribution is -2.36. The topological polar surface area (TPSA) is 32.3 Å². The van der Waals surface area contributed by atoms with Crippen molar-refractivity contribution >= 4 is 31.1 Å². The Morgan fingerprint density at radius 1 is 1.21 bits per heavy atom. The van der Waals surface area contributed by atoms with Gasteiger partial charge in [-0.05, 0) is 80.9 Å². The number of hydrogen-bond donors (Lipinski definition) is 1. The molecule has 5 heteroatoms. The summed E-state index contributed by atoms with van der Waals surface area (Å²) >= 11 is 0. The second kappa shape index (κ2) is 10.4. The van der Waals surface area contributed by atoms with E-state index in [-0.39, 0.29) is 24.8 Å². The molecule has 1 fully saturated rings. The maximum atomic E-state index is 10.8. The van der Waals surface area contributed by atoms with E-state index < -0.39 is 0 Å². The van der Waals surface area contributed by atoms with Crippen molar-refractivity contribution in [1.82, 2.24) is 10.2 Å². The van der Waals surface area contributed by atoms with Crippen LogP contribution in [0.2, 0.25) is 0 Å². The minimum atomic E-state index is 0. The van der Waals surface area contributed by atoms with E-state index >= 15 is 0 Å². The summed E-state index contributed by atoms with van der Waals surface area (Å²) in [5.41, 5.74) is 4.54. The van der Waals surface area contributed by atoms with Gasteiger partial charge >= 0.3 is 0 Å². The van der Waals surface area contributed by atoms with Crippen LogP contribution < -0.4 is 5.32 Å². The van der Waals surface area contributed by atoms with Crippen molar-refractivity contribution in [3.05, 3.63) is 34.9 Å². The van der Waals surface area contributed by atoms with Crippen LogP contribution in [0, 0.1) is 5.92 Å². The Balaban J connectivity index is 0.00000144. The summed E-state index contributed by atoms with van der Waals surface area (Å²) in [7, 11) is 2.22. The lowest BCUT2D eigenvalue weighted by Gasteiger charge is -2.37. The minimum Gasteiger partial charge on any atom is -0.316 e. The summed E-state index contributed by atoms with van der Waals surface area (Å²) in [5, 5.41) is 3.49. The molecule has 1 aromatic carbocycles. The van der Waals surface area contributed by atoms with Crippen LogP contribution in [0.1, 0.15) is 41.9 Å². The van der Waals surface area contributed by atoms with Crippen LogP contribution in [-0.2, 0) is 17.6 Å². The second-order valence-electron chi connectivity index (χ2n) is 6.94. The van der Waals surface area contributed by atoms with Crippen LogP contribution in [0.4, 0.5) is 0 Å². The van der Waals surface area contributed by atoms with Crippen LogP contribution in [0.25, 0.3) is 0 Å². The Morgan fingerprint density at radius 2 is 1.96 bits per heavy atom. The normalized spacial score (nSPS) is 24.0. The lowest BCUT2D eigenvalue weighted by atomic mass is 9.77. The zero-order chi connectivity index (χ0) is 15.4. The van der Waals surface area contributed by atoms with E-state index in [1.807, 2.05) is 0 Å². The van der Waals surface area contributed by atoms with Crippen LogP contribution in [0.3, 0.4) is 0 Å². The maximum Gasteiger partial charge on any atom is 0.120 e. The number of hydrogen-bond acceptors (Lipinski definition) is 3. The molecular weight excluding hydrogens is 343 g/mol. The number of piperidine rings is 1. The monoisotopic (exact) mass is 372 g/mol. The van der Waals surface area contributed by atoms with E-state index in [4.69, 9.17) is 0 Å². The summed E-state index contributed by atoms with van der Waals surface area (Å²) in [6.07, 6.45) is 6.34. The predicted octanol–water partition coefficient (Wildman–Crippen LogP) is 3.23. The zero-order valence-electron chi connectivity index (χ0n) is 14.5. The van der Waals surface area contributed by atoms with Gasteiger partial charge in [0.1, 0.15) is 6.29 Å². The molecule has 136 valence electrons. The van der Waals surface area contributed by atoms with Gasteiger partial charge in [-0.3, -0.25) is 0 Å². The second-order valence-corrected chi connectivity index (χ2v) is 6.94. The van der Waals surface area contributed by atoms with E-state index in [9.17, 15) is 4.79 Å². The highest BCUT2D eigenvalue weighted by Gasteiger charge is 2.29. The smallest absolute Gasteiger partial charge is 0.120 e. The molecular formula is C19H30Cl2N2O. The molecule has 0 radical (unpaired) electrons. The van der Waals surface area contributed by atoms with Gasteiger partial charge < -0.3 is 15.0 Å². The summed E-state index contributed by atoms with van der Waals surface area (Å²) in [5.74, 6) is 1.24. The number of fused-ring (bicyclic) bond motifs is 1. The average molecular weight is 373 g/mol. The molecule has 0 bridgehead atoms. The van der Waals surface area contributed by atoms with Crippen molar-refractivity contribution in [1.29, 1.82) is 0 Å². The van der Waals surface area contributed by atoms with Gasteiger partial charge in [0.2, 0.25) is 0 Å². The molecule has 3 rings (SSSR count). The minimum absolute atomic E-state index is 0. The first-order chi connectivity index (χ1) is 10.8. The predicted molar refractivity (Wildman–Crippen MR) is 105 cm³/mol. The number of rotatable bonds is 4. The van der Waals surface area contributed by atoms with Gasteiger partial charge in [-0.25, -0.2) is 0 Å². The Kier molecular flexibility index (Phi) is 9.28. The van der Waals surface area contributed by atoms with Crippen LogP contribution in [0.15, 0.2) is 18.2 Å².